The average Bonchev–Trinajstić information content (AvgIpc) is 2.06. The molecule has 0 aliphatic rings. The van der Waals surface area contributed by atoms with Crippen LogP contribution < -0.4 is 0 Å². The van der Waals surface area contributed by atoms with Crippen LogP contribution in [0.15, 0.2) is 29.4 Å². The van der Waals surface area contributed by atoms with Crippen molar-refractivity contribution in [3.05, 3.63) is 29.8 Å². The van der Waals surface area contributed by atoms with E-state index in [0.29, 0.717) is 5.56 Å². The maximum Gasteiger partial charge on any atom is 0.207 e. The Morgan fingerprint density at radius 2 is 1.92 bits per heavy atom. The molecule has 12 heavy (non-hydrogen) atoms. The van der Waals surface area contributed by atoms with E-state index in [9.17, 15) is 4.79 Å². The highest BCUT2D eigenvalue weighted by atomic mass is 16.4. The van der Waals surface area contributed by atoms with E-state index < -0.39 is 5.78 Å². The number of ketones is 1. The SMILES string of the molecule is O=C(/C=N\O)c1ccc(O)cc1. The van der Waals surface area contributed by atoms with Crippen molar-refractivity contribution < 1.29 is 15.1 Å². The molecule has 4 nitrogen and oxygen atoms in total. The van der Waals surface area contributed by atoms with Gasteiger partial charge in [-0.3, -0.25) is 4.79 Å². The molecular formula is C8H7NO3. The van der Waals surface area contributed by atoms with Crippen molar-refractivity contribution in [3.63, 3.8) is 0 Å². The number of nitrogens with zero attached hydrogens (tertiary/aromatic N) is 1. The van der Waals surface area contributed by atoms with Gasteiger partial charge in [0.05, 0.1) is 0 Å². The Hall–Kier alpha value is -1.84. The first kappa shape index (κ1) is 8.26. The highest BCUT2D eigenvalue weighted by molar-refractivity contribution is 6.35. The highest BCUT2D eigenvalue weighted by Gasteiger charge is 2.01. The topological polar surface area (TPSA) is 69.9 Å². The molecule has 0 aromatic heterocycles. The second-order valence-electron chi connectivity index (χ2n) is 2.16. The number of oxime groups is 1. The number of phenolic OH excluding ortho intramolecular Hbond substituents is 1. The molecule has 0 aliphatic carbocycles. The molecule has 0 saturated heterocycles. The summed E-state index contributed by atoms with van der Waals surface area (Å²) in [6.07, 6.45) is 0.798. The molecule has 0 amide bonds. The highest BCUT2D eigenvalue weighted by Crippen LogP contribution is 2.09. The molecule has 2 N–H and O–H groups in total. The fourth-order valence-electron chi connectivity index (χ4n) is 0.753. The van der Waals surface area contributed by atoms with Gasteiger partial charge in [-0.2, -0.15) is 0 Å². The van der Waals surface area contributed by atoms with Crippen LogP contribution >= 0.6 is 0 Å². The van der Waals surface area contributed by atoms with Crippen molar-refractivity contribution in [1.29, 1.82) is 0 Å². The molecule has 1 rings (SSSR count). The van der Waals surface area contributed by atoms with Crippen molar-refractivity contribution in [2.24, 2.45) is 5.16 Å². The number of carbonyl (C=O) groups excluding carboxylic acids is 1. The van der Waals surface area contributed by atoms with E-state index in [1.807, 2.05) is 0 Å². The lowest BCUT2D eigenvalue weighted by Crippen LogP contribution is -1.98. The van der Waals surface area contributed by atoms with E-state index in [1.165, 1.54) is 24.3 Å². The van der Waals surface area contributed by atoms with Crippen LogP contribution in [0.3, 0.4) is 0 Å². The van der Waals surface area contributed by atoms with Crippen LogP contribution in [-0.2, 0) is 0 Å². The maximum absolute atomic E-state index is 11.0. The fraction of sp³-hybridized carbons (Fsp3) is 0. The summed E-state index contributed by atoms with van der Waals surface area (Å²) in [6.45, 7) is 0. The van der Waals surface area contributed by atoms with Crippen molar-refractivity contribution in [1.82, 2.24) is 0 Å². The lowest BCUT2D eigenvalue weighted by Gasteiger charge is -1.93. The Balaban J connectivity index is 2.90. The van der Waals surface area contributed by atoms with Gasteiger partial charge in [0, 0.05) is 5.56 Å². The fourth-order valence-corrected chi connectivity index (χ4v) is 0.753. The van der Waals surface area contributed by atoms with Gasteiger partial charge in [-0.05, 0) is 24.3 Å². The Morgan fingerprint density at radius 3 is 2.42 bits per heavy atom. The van der Waals surface area contributed by atoms with Gasteiger partial charge in [0.1, 0.15) is 12.0 Å². The largest absolute Gasteiger partial charge is 0.508 e. The Kier molecular flexibility index (Phi) is 2.42. The van der Waals surface area contributed by atoms with Crippen LogP contribution in [-0.4, -0.2) is 22.3 Å². The van der Waals surface area contributed by atoms with Crippen LogP contribution in [0.25, 0.3) is 0 Å². The number of rotatable bonds is 2. The van der Waals surface area contributed by atoms with E-state index in [4.69, 9.17) is 10.3 Å². The molecule has 0 unspecified atom stereocenters. The molecule has 0 aliphatic heterocycles. The summed E-state index contributed by atoms with van der Waals surface area (Å²) in [5, 5.41) is 19.5. The molecule has 0 spiro atoms. The molecule has 0 radical (unpaired) electrons. The Labute approximate surface area is 68.8 Å². The third-order valence-electron chi connectivity index (χ3n) is 1.33. The van der Waals surface area contributed by atoms with E-state index >= 15 is 0 Å². The number of aromatic hydroxyl groups is 1. The molecule has 0 atom stereocenters. The van der Waals surface area contributed by atoms with Crippen molar-refractivity contribution >= 4 is 12.0 Å². The van der Waals surface area contributed by atoms with Crippen LogP contribution in [0.2, 0.25) is 0 Å². The number of benzene rings is 1. The molecule has 4 heteroatoms. The lowest BCUT2D eigenvalue weighted by molar-refractivity contribution is 0.106. The predicted molar refractivity (Wildman–Crippen MR) is 42.7 cm³/mol. The summed E-state index contributed by atoms with van der Waals surface area (Å²) in [6, 6.07) is 5.66. The monoisotopic (exact) mass is 165 g/mol. The van der Waals surface area contributed by atoms with E-state index in [1.54, 1.807) is 0 Å². The lowest BCUT2D eigenvalue weighted by atomic mass is 10.1. The standard InChI is InChI=1S/C8H7NO3/c10-7-3-1-6(2-4-7)8(11)5-9-12/h1-5,10,12H/b9-5-. The van der Waals surface area contributed by atoms with Crippen molar-refractivity contribution in [3.8, 4) is 5.75 Å². The Bertz CT molecular complexity index is 303. The zero-order chi connectivity index (χ0) is 8.97. The van der Waals surface area contributed by atoms with Gasteiger partial charge in [-0.25, -0.2) is 0 Å². The van der Waals surface area contributed by atoms with E-state index in [0.717, 1.165) is 6.21 Å². The number of hydrogen-bond acceptors (Lipinski definition) is 4. The van der Waals surface area contributed by atoms with Gasteiger partial charge in [0.25, 0.3) is 0 Å². The first-order valence-electron chi connectivity index (χ1n) is 3.25. The summed E-state index contributed by atoms with van der Waals surface area (Å²) >= 11 is 0. The molecular weight excluding hydrogens is 158 g/mol. The van der Waals surface area contributed by atoms with Crippen molar-refractivity contribution in [2.75, 3.05) is 0 Å². The van der Waals surface area contributed by atoms with E-state index in [-0.39, 0.29) is 5.75 Å². The second kappa shape index (κ2) is 3.52. The number of phenols is 1. The predicted octanol–water partition coefficient (Wildman–Crippen LogP) is 1.03. The van der Waals surface area contributed by atoms with Gasteiger partial charge in [-0.1, -0.05) is 5.16 Å². The molecule has 0 saturated carbocycles. The van der Waals surface area contributed by atoms with Gasteiger partial charge >= 0.3 is 0 Å². The zero-order valence-electron chi connectivity index (χ0n) is 6.14. The minimum absolute atomic E-state index is 0.0903. The third kappa shape index (κ3) is 1.82. The average molecular weight is 165 g/mol. The summed E-state index contributed by atoms with van der Waals surface area (Å²) in [7, 11) is 0. The maximum atomic E-state index is 11.0. The summed E-state index contributed by atoms with van der Waals surface area (Å²) in [4.78, 5) is 11.0. The van der Waals surface area contributed by atoms with Crippen LogP contribution in [0, 0.1) is 0 Å². The van der Waals surface area contributed by atoms with Gasteiger partial charge in [0.15, 0.2) is 0 Å². The normalized spacial score (nSPS) is 10.3. The van der Waals surface area contributed by atoms with Gasteiger partial charge < -0.3 is 10.3 Å². The number of hydrogen-bond donors (Lipinski definition) is 2. The van der Waals surface area contributed by atoms with Crippen molar-refractivity contribution in [2.45, 2.75) is 0 Å². The first-order valence-corrected chi connectivity index (χ1v) is 3.25. The van der Waals surface area contributed by atoms with Crippen LogP contribution in [0.4, 0.5) is 0 Å². The summed E-state index contributed by atoms with van der Waals surface area (Å²) in [5.74, 6) is -0.315. The molecule has 0 heterocycles. The Morgan fingerprint density at radius 1 is 1.33 bits per heavy atom. The summed E-state index contributed by atoms with van der Waals surface area (Å²) < 4.78 is 0. The molecule has 62 valence electrons. The number of carbonyl (C=O) groups is 1. The second-order valence-corrected chi connectivity index (χ2v) is 2.16. The minimum atomic E-state index is -0.405. The molecule has 0 bridgehead atoms. The van der Waals surface area contributed by atoms with E-state index in [2.05, 4.69) is 5.16 Å². The minimum Gasteiger partial charge on any atom is -0.508 e. The third-order valence-corrected chi connectivity index (χ3v) is 1.33. The van der Waals surface area contributed by atoms with Crippen LogP contribution in [0.5, 0.6) is 5.75 Å². The smallest absolute Gasteiger partial charge is 0.207 e. The molecule has 1 aromatic rings. The van der Waals surface area contributed by atoms with Crippen LogP contribution in [0.1, 0.15) is 10.4 Å². The number of Topliss-reactive ketones (excluding diaryl/α,β-unsaturated/α-hetero) is 1. The molecule has 0 fully saturated rings. The van der Waals surface area contributed by atoms with Gasteiger partial charge in [0.2, 0.25) is 5.78 Å². The first-order chi connectivity index (χ1) is 5.74. The molecule has 1 aromatic carbocycles. The summed E-state index contributed by atoms with van der Waals surface area (Å²) in [5.41, 5.74) is 0.366. The zero-order valence-corrected chi connectivity index (χ0v) is 6.14. The quantitative estimate of drug-likeness (QED) is 0.297. The van der Waals surface area contributed by atoms with Gasteiger partial charge in [-0.15, -0.1) is 0 Å².